The zero-order chi connectivity index (χ0) is 14.8. The van der Waals surface area contributed by atoms with E-state index in [1.54, 1.807) is 23.1 Å². The average molecular weight is 316 g/mol. The summed E-state index contributed by atoms with van der Waals surface area (Å²) >= 11 is 0. The van der Waals surface area contributed by atoms with Crippen LogP contribution < -0.4 is 5.32 Å². The number of aromatic nitrogens is 1. The Labute approximate surface area is 126 Å². The number of rotatable bonds is 10. The van der Waals surface area contributed by atoms with Gasteiger partial charge in [-0.1, -0.05) is 34.9 Å². The van der Waals surface area contributed by atoms with E-state index in [1.807, 2.05) is 0 Å². The Morgan fingerprint density at radius 1 is 1.35 bits per heavy atom. The molecule has 0 unspecified atom stereocenters. The molecule has 0 bridgehead atoms. The summed E-state index contributed by atoms with van der Waals surface area (Å²) in [6.07, 6.45) is 3.83. The maximum absolute atomic E-state index is 12.0. The summed E-state index contributed by atoms with van der Waals surface area (Å²) in [5.41, 5.74) is 1.70. The fourth-order valence-corrected chi connectivity index (χ4v) is 3.51. The summed E-state index contributed by atoms with van der Waals surface area (Å²) < 4.78 is 0. The largest absolute Gasteiger partial charge is 0.481 e. The molecule has 0 aromatic carbocycles. The molecule has 1 aromatic rings. The molecular weight excluding hydrogens is 296 g/mol. The third kappa shape index (κ3) is 6.38. The number of hydrogen-bond acceptors (Lipinski definition) is 4. The molecular formula is C13H20N2O3S2. The van der Waals surface area contributed by atoms with Crippen molar-refractivity contribution in [3.8, 4) is 0 Å². The van der Waals surface area contributed by atoms with Gasteiger partial charge in [-0.15, -0.1) is 0 Å². The van der Waals surface area contributed by atoms with E-state index < -0.39 is 5.97 Å². The van der Waals surface area contributed by atoms with Crippen molar-refractivity contribution in [2.24, 2.45) is 0 Å². The Hall–Kier alpha value is -1.08. The Kier molecular flexibility index (Phi) is 8.29. The molecule has 112 valence electrons. The number of nitrogens with one attached hydrogen (secondary N) is 2. The number of hydrogen-bond donors (Lipinski definition) is 3. The van der Waals surface area contributed by atoms with E-state index in [1.165, 1.54) is 10.8 Å². The van der Waals surface area contributed by atoms with Gasteiger partial charge in [-0.2, -0.15) is 0 Å². The fraction of sp³-hybridized carbons (Fsp3) is 0.538. The van der Waals surface area contributed by atoms with Crippen LogP contribution in [0.15, 0.2) is 12.3 Å². The number of aromatic amines is 1. The summed E-state index contributed by atoms with van der Waals surface area (Å²) in [7, 11) is 3.10. The number of carboxylic acid groups (broad SMARTS) is 1. The van der Waals surface area contributed by atoms with E-state index in [2.05, 4.69) is 17.2 Å². The predicted molar refractivity (Wildman–Crippen MR) is 84.3 cm³/mol. The molecule has 3 N–H and O–H groups in total. The van der Waals surface area contributed by atoms with Gasteiger partial charge in [-0.05, 0) is 12.5 Å². The maximum Gasteiger partial charge on any atom is 0.304 e. The molecule has 0 atom stereocenters. The lowest BCUT2D eigenvalue weighted by Crippen LogP contribution is -2.26. The molecule has 0 spiro atoms. The summed E-state index contributed by atoms with van der Waals surface area (Å²) in [5.74, 6) is 0.531. The number of aliphatic carboxylic acids is 1. The molecule has 1 heterocycles. The van der Waals surface area contributed by atoms with Crippen molar-refractivity contribution in [3.05, 3.63) is 23.5 Å². The van der Waals surface area contributed by atoms with Gasteiger partial charge in [0.2, 0.25) is 0 Å². The first-order valence-corrected chi connectivity index (χ1v) is 9.04. The minimum Gasteiger partial charge on any atom is -0.481 e. The van der Waals surface area contributed by atoms with Crippen LogP contribution in [-0.4, -0.2) is 40.0 Å². The highest BCUT2D eigenvalue weighted by Gasteiger charge is 2.11. The molecule has 0 saturated carbocycles. The maximum atomic E-state index is 12.0. The fourth-order valence-electron chi connectivity index (χ4n) is 1.62. The van der Waals surface area contributed by atoms with Crippen LogP contribution in [0.25, 0.3) is 0 Å². The van der Waals surface area contributed by atoms with Crippen molar-refractivity contribution < 1.29 is 14.7 Å². The van der Waals surface area contributed by atoms with Gasteiger partial charge in [-0.3, -0.25) is 9.59 Å². The van der Waals surface area contributed by atoms with Crippen LogP contribution in [-0.2, 0) is 11.2 Å². The quantitative estimate of drug-likeness (QED) is 0.456. The van der Waals surface area contributed by atoms with Crippen LogP contribution in [0.4, 0.5) is 0 Å². The second-order valence-corrected chi connectivity index (χ2v) is 6.87. The number of carboxylic acids is 1. The highest BCUT2D eigenvalue weighted by atomic mass is 33.1. The third-order valence-electron chi connectivity index (χ3n) is 2.53. The molecule has 1 amide bonds. The van der Waals surface area contributed by atoms with Gasteiger partial charge in [0.05, 0.1) is 12.0 Å². The van der Waals surface area contributed by atoms with Crippen LogP contribution in [0, 0.1) is 0 Å². The lowest BCUT2D eigenvalue weighted by Gasteiger charge is -2.05. The zero-order valence-electron chi connectivity index (χ0n) is 11.5. The van der Waals surface area contributed by atoms with E-state index in [0.29, 0.717) is 12.3 Å². The SMILES string of the molecule is CCCc1[nH]ccc1C(=O)NCCSSCCC(=O)O. The first-order valence-electron chi connectivity index (χ1n) is 6.55. The molecule has 0 saturated heterocycles. The summed E-state index contributed by atoms with van der Waals surface area (Å²) in [6, 6.07) is 1.80. The number of carbonyl (C=O) groups excluding carboxylic acids is 1. The number of H-pyrrole nitrogens is 1. The monoisotopic (exact) mass is 316 g/mol. The van der Waals surface area contributed by atoms with E-state index in [-0.39, 0.29) is 12.3 Å². The van der Waals surface area contributed by atoms with Gasteiger partial charge in [0.25, 0.3) is 5.91 Å². The van der Waals surface area contributed by atoms with Gasteiger partial charge < -0.3 is 15.4 Å². The minimum absolute atomic E-state index is 0.0502. The summed E-state index contributed by atoms with van der Waals surface area (Å²) in [5, 5.41) is 11.4. The standard InChI is InChI=1S/C13H20N2O3S2/c1-2-3-11-10(4-6-14-11)13(18)15-7-9-20-19-8-5-12(16)17/h4,6,14H,2-3,5,7-9H2,1H3,(H,15,18)(H,16,17). The van der Waals surface area contributed by atoms with Crippen molar-refractivity contribution in [2.75, 3.05) is 18.1 Å². The molecule has 7 heteroatoms. The molecule has 0 radical (unpaired) electrons. The predicted octanol–water partition coefficient (Wildman–Crippen LogP) is 2.55. The summed E-state index contributed by atoms with van der Waals surface area (Å²) in [6.45, 7) is 2.66. The molecule has 0 aliphatic rings. The topological polar surface area (TPSA) is 82.2 Å². The molecule has 1 rings (SSSR count). The highest BCUT2D eigenvalue weighted by Crippen LogP contribution is 2.21. The van der Waals surface area contributed by atoms with Crippen LogP contribution >= 0.6 is 21.6 Å². The minimum atomic E-state index is -0.776. The Morgan fingerprint density at radius 2 is 2.10 bits per heavy atom. The Bertz CT molecular complexity index is 435. The van der Waals surface area contributed by atoms with Gasteiger partial charge >= 0.3 is 5.97 Å². The molecule has 1 aromatic heterocycles. The zero-order valence-corrected chi connectivity index (χ0v) is 13.1. The van der Waals surface area contributed by atoms with Crippen LogP contribution in [0.3, 0.4) is 0 Å². The van der Waals surface area contributed by atoms with Crippen LogP contribution in [0.5, 0.6) is 0 Å². The van der Waals surface area contributed by atoms with E-state index in [0.717, 1.165) is 29.9 Å². The number of carbonyl (C=O) groups is 2. The van der Waals surface area contributed by atoms with Crippen molar-refractivity contribution in [2.45, 2.75) is 26.2 Å². The first kappa shape index (κ1) is 17.0. The van der Waals surface area contributed by atoms with Crippen molar-refractivity contribution in [3.63, 3.8) is 0 Å². The summed E-state index contributed by atoms with van der Waals surface area (Å²) in [4.78, 5) is 25.4. The molecule has 0 aliphatic carbocycles. The van der Waals surface area contributed by atoms with E-state index >= 15 is 0 Å². The second kappa shape index (κ2) is 9.77. The average Bonchev–Trinajstić information content (AvgIpc) is 2.86. The lowest BCUT2D eigenvalue weighted by molar-refractivity contribution is -0.136. The van der Waals surface area contributed by atoms with E-state index in [9.17, 15) is 9.59 Å². The smallest absolute Gasteiger partial charge is 0.304 e. The Morgan fingerprint density at radius 3 is 2.80 bits per heavy atom. The normalized spacial score (nSPS) is 10.4. The van der Waals surface area contributed by atoms with Crippen LogP contribution in [0.1, 0.15) is 35.8 Å². The van der Waals surface area contributed by atoms with Gasteiger partial charge in [0.15, 0.2) is 0 Å². The van der Waals surface area contributed by atoms with Crippen molar-refractivity contribution in [1.29, 1.82) is 0 Å². The third-order valence-corrected chi connectivity index (χ3v) is 4.94. The van der Waals surface area contributed by atoms with Gasteiger partial charge in [0.1, 0.15) is 0 Å². The number of aryl methyl sites for hydroxylation is 1. The molecule has 0 aliphatic heterocycles. The van der Waals surface area contributed by atoms with Crippen LogP contribution in [0.2, 0.25) is 0 Å². The highest BCUT2D eigenvalue weighted by molar-refractivity contribution is 8.76. The van der Waals surface area contributed by atoms with Gasteiger partial charge in [-0.25, -0.2) is 0 Å². The van der Waals surface area contributed by atoms with Gasteiger partial charge in [0, 0.05) is 29.9 Å². The molecule has 0 fully saturated rings. The first-order chi connectivity index (χ1) is 9.65. The Balaban J connectivity index is 2.17. The number of amides is 1. The second-order valence-electron chi connectivity index (χ2n) is 4.16. The van der Waals surface area contributed by atoms with E-state index in [4.69, 9.17) is 5.11 Å². The van der Waals surface area contributed by atoms with Crippen molar-refractivity contribution >= 4 is 33.5 Å². The lowest BCUT2D eigenvalue weighted by atomic mass is 10.1. The molecule has 5 nitrogen and oxygen atoms in total. The molecule has 20 heavy (non-hydrogen) atoms. The van der Waals surface area contributed by atoms with Crippen molar-refractivity contribution in [1.82, 2.24) is 10.3 Å².